The normalized spacial score (nSPS) is 12.7. The Morgan fingerprint density at radius 2 is 1.79 bits per heavy atom. The van der Waals surface area contributed by atoms with Crippen molar-refractivity contribution in [3.8, 4) is 5.75 Å². The quantitative estimate of drug-likeness (QED) is 0.546. The standard InChI is InChI=1S/C21H28N2O/c1-3-4-17-24-20-14-12-18(13-15-20)9-8-16-23(2)21(22)19-10-6-5-7-11-19/h5-15,21H,3-4,16-17,22H2,1-2H3. The highest BCUT2D eigenvalue weighted by molar-refractivity contribution is 5.50. The van der Waals surface area contributed by atoms with Gasteiger partial charge in [-0.2, -0.15) is 0 Å². The zero-order valence-corrected chi connectivity index (χ0v) is 14.7. The second-order valence-corrected chi connectivity index (χ2v) is 5.97. The molecule has 0 amide bonds. The van der Waals surface area contributed by atoms with Crippen molar-refractivity contribution in [2.45, 2.75) is 25.9 Å². The summed E-state index contributed by atoms with van der Waals surface area (Å²) < 4.78 is 5.68. The molecular formula is C21H28N2O. The van der Waals surface area contributed by atoms with E-state index in [1.807, 2.05) is 37.4 Å². The summed E-state index contributed by atoms with van der Waals surface area (Å²) >= 11 is 0. The number of hydrogen-bond acceptors (Lipinski definition) is 3. The lowest BCUT2D eigenvalue weighted by Gasteiger charge is -2.23. The van der Waals surface area contributed by atoms with Crippen molar-refractivity contribution < 1.29 is 4.74 Å². The fraction of sp³-hybridized carbons (Fsp3) is 0.333. The molecular weight excluding hydrogens is 296 g/mol. The first-order valence-electron chi connectivity index (χ1n) is 8.61. The zero-order valence-electron chi connectivity index (χ0n) is 14.7. The van der Waals surface area contributed by atoms with E-state index in [-0.39, 0.29) is 6.17 Å². The van der Waals surface area contributed by atoms with Gasteiger partial charge in [0.15, 0.2) is 0 Å². The molecule has 2 rings (SSSR count). The van der Waals surface area contributed by atoms with E-state index in [1.165, 1.54) is 5.56 Å². The monoisotopic (exact) mass is 324 g/mol. The van der Waals surface area contributed by atoms with Gasteiger partial charge in [-0.25, -0.2) is 0 Å². The number of unbranched alkanes of at least 4 members (excludes halogenated alkanes) is 1. The van der Waals surface area contributed by atoms with Crippen molar-refractivity contribution in [2.24, 2.45) is 5.73 Å². The van der Waals surface area contributed by atoms with Crippen LogP contribution in [-0.4, -0.2) is 25.1 Å². The number of benzene rings is 2. The molecule has 0 aromatic heterocycles. The topological polar surface area (TPSA) is 38.5 Å². The third-order valence-corrected chi connectivity index (χ3v) is 3.97. The van der Waals surface area contributed by atoms with Crippen molar-refractivity contribution in [3.05, 3.63) is 71.8 Å². The van der Waals surface area contributed by atoms with E-state index < -0.39 is 0 Å². The average molecular weight is 324 g/mol. The largest absolute Gasteiger partial charge is 0.494 e. The van der Waals surface area contributed by atoms with Crippen LogP contribution in [-0.2, 0) is 0 Å². The van der Waals surface area contributed by atoms with Crippen LogP contribution in [0.2, 0.25) is 0 Å². The van der Waals surface area contributed by atoms with Gasteiger partial charge in [0.1, 0.15) is 5.75 Å². The summed E-state index contributed by atoms with van der Waals surface area (Å²) in [5.41, 5.74) is 8.56. The molecule has 0 fully saturated rings. The average Bonchev–Trinajstić information content (AvgIpc) is 2.63. The van der Waals surface area contributed by atoms with E-state index in [0.29, 0.717) is 0 Å². The molecule has 0 spiro atoms. The van der Waals surface area contributed by atoms with Crippen molar-refractivity contribution >= 4 is 6.08 Å². The molecule has 0 aliphatic carbocycles. The van der Waals surface area contributed by atoms with Gasteiger partial charge in [0.25, 0.3) is 0 Å². The van der Waals surface area contributed by atoms with Gasteiger partial charge < -0.3 is 10.5 Å². The van der Waals surface area contributed by atoms with Crippen LogP contribution in [0.3, 0.4) is 0 Å². The molecule has 0 radical (unpaired) electrons. The van der Waals surface area contributed by atoms with Gasteiger partial charge in [-0.3, -0.25) is 4.90 Å². The molecule has 0 aliphatic rings. The predicted octanol–water partition coefficient (Wildman–Crippen LogP) is 4.47. The predicted molar refractivity (Wildman–Crippen MR) is 102 cm³/mol. The van der Waals surface area contributed by atoms with Crippen LogP contribution in [0.4, 0.5) is 0 Å². The minimum absolute atomic E-state index is 0.0924. The zero-order chi connectivity index (χ0) is 17.2. The Morgan fingerprint density at radius 3 is 2.46 bits per heavy atom. The summed E-state index contributed by atoms with van der Waals surface area (Å²) in [4.78, 5) is 2.12. The van der Waals surface area contributed by atoms with E-state index in [9.17, 15) is 0 Å². The van der Waals surface area contributed by atoms with E-state index in [2.05, 4.69) is 48.2 Å². The lowest BCUT2D eigenvalue weighted by Crippen LogP contribution is -2.31. The number of hydrogen-bond donors (Lipinski definition) is 1. The third-order valence-electron chi connectivity index (χ3n) is 3.97. The number of ether oxygens (including phenoxy) is 1. The highest BCUT2D eigenvalue weighted by Crippen LogP contribution is 2.15. The van der Waals surface area contributed by atoms with Gasteiger partial charge in [0, 0.05) is 6.54 Å². The first-order chi connectivity index (χ1) is 11.7. The molecule has 0 saturated heterocycles. The van der Waals surface area contributed by atoms with Crippen LogP contribution in [0.15, 0.2) is 60.7 Å². The SMILES string of the molecule is CCCCOc1ccc(C=CCN(C)C(N)c2ccccc2)cc1. The Balaban J connectivity index is 1.82. The van der Waals surface area contributed by atoms with Crippen LogP contribution < -0.4 is 10.5 Å². The Kier molecular flexibility index (Phi) is 7.53. The smallest absolute Gasteiger partial charge is 0.119 e. The van der Waals surface area contributed by atoms with Crippen LogP contribution in [0.1, 0.15) is 37.1 Å². The second-order valence-electron chi connectivity index (χ2n) is 5.97. The first-order valence-corrected chi connectivity index (χ1v) is 8.61. The van der Waals surface area contributed by atoms with E-state index in [4.69, 9.17) is 10.5 Å². The minimum atomic E-state index is -0.0924. The Bertz CT molecular complexity index is 607. The Hall–Kier alpha value is -2.10. The molecule has 24 heavy (non-hydrogen) atoms. The third kappa shape index (κ3) is 5.84. The van der Waals surface area contributed by atoms with Crippen LogP contribution in [0, 0.1) is 0 Å². The summed E-state index contributed by atoms with van der Waals surface area (Å²) in [5, 5.41) is 0. The number of rotatable bonds is 9. The van der Waals surface area contributed by atoms with E-state index in [0.717, 1.165) is 37.3 Å². The van der Waals surface area contributed by atoms with Crippen LogP contribution >= 0.6 is 0 Å². The lowest BCUT2D eigenvalue weighted by molar-refractivity contribution is 0.277. The number of likely N-dealkylation sites (N-methyl/N-ethyl adjacent to an activating group) is 1. The molecule has 2 aromatic rings. The van der Waals surface area contributed by atoms with Gasteiger partial charge in [0.05, 0.1) is 12.8 Å². The summed E-state index contributed by atoms with van der Waals surface area (Å²) in [6.07, 6.45) is 6.40. The molecule has 0 saturated carbocycles. The van der Waals surface area contributed by atoms with Gasteiger partial charge in [-0.05, 0) is 36.7 Å². The molecule has 1 atom stereocenters. The second kappa shape index (κ2) is 9.91. The lowest BCUT2D eigenvalue weighted by atomic mass is 10.1. The highest BCUT2D eigenvalue weighted by atomic mass is 16.5. The molecule has 3 heteroatoms. The summed E-state index contributed by atoms with van der Waals surface area (Å²) in [6.45, 7) is 3.75. The molecule has 0 heterocycles. The van der Waals surface area contributed by atoms with E-state index >= 15 is 0 Å². The fourth-order valence-electron chi connectivity index (χ4n) is 2.38. The highest BCUT2D eigenvalue weighted by Gasteiger charge is 2.09. The fourth-order valence-corrected chi connectivity index (χ4v) is 2.38. The minimum Gasteiger partial charge on any atom is -0.494 e. The summed E-state index contributed by atoms with van der Waals surface area (Å²) in [5.74, 6) is 0.934. The maximum absolute atomic E-state index is 6.27. The summed E-state index contributed by atoms with van der Waals surface area (Å²) in [7, 11) is 2.03. The molecule has 128 valence electrons. The molecule has 2 N–H and O–H groups in total. The molecule has 3 nitrogen and oxygen atoms in total. The number of nitrogens with zero attached hydrogens (tertiary/aromatic N) is 1. The van der Waals surface area contributed by atoms with Gasteiger partial charge in [0.2, 0.25) is 0 Å². The maximum atomic E-state index is 6.27. The first kappa shape index (κ1) is 18.2. The van der Waals surface area contributed by atoms with Crippen molar-refractivity contribution in [1.29, 1.82) is 0 Å². The van der Waals surface area contributed by atoms with Crippen molar-refractivity contribution in [2.75, 3.05) is 20.2 Å². The molecule has 1 unspecified atom stereocenters. The van der Waals surface area contributed by atoms with Crippen molar-refractivity contribution in [3.63, 3.8) is 0 Å². The Labute approximate surface area is 145 Å². The van der Waals surface area contributed by atoms with Crippen molar-refractivity contribution in [1.82, 2.24) is 4.90 Å². The molecule has 2 aromatic carbocycles. The number of nitrogens with two attached hydrogens (primary N) is 1. The van der Waals surface area contributed by atoms with E-state index in [1.54, 1.807) is 0 Å². The Morgan fingerprint density at radius 1 is 1.08 bits per heavy atom. The van der Waals surface area contributed by atoms with Gasteiger partial charge >= 0.3 is 0 Å². The molecule has 0 bridgehead atoms. The maximum Gasteiger partial charge on any atom is 0.119 e. The summed E-state index contributed by atoms with van der Waals surface area (Å²) in [6, 6.07) is 18.4. The van der Waals surface area contributed by atoms with Crippen LogP contribution in [0.25, 0.3) is 6.08 Å². The van der Waals surface area contributed by atoms with Crippen LogP contribution in [0.5, 0.6) is 5.75 Å². The van der Waals surface area contributed by atoms with Gasteiger partial charge in [-0.1, -0.05) is 68.0 Å². The molecule has 0 aliphatic heterocycles. The van der Waals surface area contributed by atoms with Gasteiger partial charge in [-0.15, -0.1) is 0 Å².